The van der Waals surface area contributed by atoms with Crippen molar-refractivity contribution in [3.8, 4) is 0 Å². The number of hydrogen-bond acceptors (Lipinski definition) is 2. The molecule has 0 spiro atoms. The second-order valence-electron chi connectivity index (χ2n) is 4.15. The van der Waals surface area contributed by atoms with Crippen molar-refractivity contribution in [2.75, 3.05) is 0 Å². The fraction of sp³-hybridized carbons (Fsp3) is 0.231. The van der Waals surface area contributed by atoms with Gasteiger partial charge in [0.1, 0.15) is 0 Å². The zero-order chi connectivity index (χ0) is 11.9. The standard InChI is InChI=1S/C13H14N2O/c1-7-4-8(2)12-10(5-7)11(13(14)16)6-9(3)15-12/h4-6H,1-3H3,(H2,14,16). The summed E-state index contributed by atoms with van der Waals surface area (Å²) >= 11 is 0. The molecule has 16 heavy (non-hydrogen) atoms. The van der Waals surface area contributed by atoms with Crippen LogP contribution in [0.2, 0.25) is 0 Å². The highest BCUT2D eigenvalue weighted by Crippen LogP contribution is 2.22. The predicted octanol–water partition coefficient (Wildman–Crippen LogP) is 2.26. The quantitative estimate of drug-likeness (QED) is 0.791. The van der Waals surface area contributed by atoms with E-state index in [4.69, 9.17) is 5.73 Å². The van der Waals surface area contributed by atoms with Crippen LogP contribution in [0.3, 0.4) is 0 Å². The molecular weight excluding hydrogens is 200 g/mol. The summed E-state index contributed by atoms with van der Waals surface area (Å²) in [5.74, 6) is -0.402. The zero-order valence-electron chi connectivity index (χ0n) is 9.66. The molecule has 0 aliphatic rings. The van der Waals surface area contributed by atoms with Gasteiger partial charge in [-0.15, -0.1) is 0 Å². The van der Waals surface area contributed by atoms with Crippen molar-refractivity contribution in [1.29, 1.82) is 0 Å². The van der Waals surface area contributed by atoms with Gasteiger partial charge >= 0.3 is 0 Å². The van der Waals surface area contributed by atoms with E-state index in [1.807, 2.05) is 26.8 Å². The first-order valence-electron chi connectivity index (χ1n) is 5.17. The van der Waals surface area contributed by atoms with Crippen LogP contribution in [-0.4, -0.2) is 10.9 Å². The van der Waals surface area contributed by atoms with Crippen molar-refractivity contribution >= 4 is 16.8 Å². The minimum absolute atomic E-state index is 0.402. The van der Waals surface area contributed by atoms with Gasteiger partial charge in [0.2, 0.25) is 5.91 Å². The summed E-state index contributed by atoms with van der Waals surface area (Å²) in [6.07, 6.45) is 0. The van der Waals surface area contributed by atoms with Gasteiger partial charge in [0.15, 0.2) is 0 Å². The van der Waals surface area contributed by atoms with Gasteiger partial charge in [-0.1, -0.05) is 11.6 Å². The first kappa shape index (κ1) is 10.6. The van der Waals surface area contributed by atoms with E-state index in [1.165, 1.54) is 0 Å². The molecule has 1 amide bonds. The molecule has 1 aromatic carbocycles. The summed E-state index contributed by atoms with van der Waals surface area (Å²) < 4.78 is 0. The number of hydrogen-bond donors (Lipinski definition) is 1. The van der Waals surface area contributed by atoms with E-state index in [2.05, 4.69) is 11.1 Å². The second kappa shape index (κ2) is 3.59. The minimum Gasteiger partial charge on any atom is -0.366 e. The van der Waals surface area contributed by atoms with E-state index >= 15 is 0 Å². The number of pyridine rings is 1. The molecule has 0 bridgehead atoms. The number of primary amides is 1. The molecule has 0 unspecified atom stereocenters. The summed E-state index contributed by atoms with van der Waals surface area (Å²) in [5, 5.41) is 0.843. The van der Waals surface area contributed by atoms with Crippen LogP contribution in [0.15, 0.2) is 18.2 Å². The molecule has 0 saturated carbocycles. The Morgan fingerprint density at radius 1 is 1.19 bits per heavy atom. The monoisotopic (exact) mass is 214 g/mol. The molecule has 3 heteroatoms. The van der Waals surface area contributed by atoms with Gasteiger partial charge in [0, 0.05) is 11.1 Å². The number of nitrogens with two attached hydrogens (primary N) is 1. The van der Waals surface area contributed by atoms with E-state index in [1.54, 1.807) is 6.07 Å². The Labute approximate surface area is 94.3 Å². The van der Waals surface area contributed by atoms with Crippen molar-refractivity contribution in [2.24, 2.45) is 5.73 Å². The maximum Gasteiger partial charge on any atom is 0.249 e. The molecule has 82 valence electrons. The lowest BCUT2D eigenvalue weighted by molar-refractivity contribution is 0.100. The molecule has 1 heterocycles. The molecule has 2 N–H and O–H groups in total. The molecule has 0 atom stereocenters. The number of amides is 1. The van der Waals surface area contributed by atoms with E-state index < -0.39 is 5.91 Å². The number of nitrogens with zero attached hydrogens (tertiary/aromatic N) is 1. The van der Waals surface area contributed by atoms with Crippen LogP contribution in [0.1, 0.15) is 27.2 Å². The van der Waals surface area contributed by atoms with E-state index in [0.29, 0.717) is 5.56 Å². The number of aryl methyl sites for hydroxylation is 3. The molecule has 0 aliphatic carbocycles. The predicted molar refractivity (Wildman–Crippen MR) is 64.5 cm³/mol. The van der Waals surface area contributed by atoms with Crippen LogP contribution >= 0.6 is 0 Å². The van der Waals surface area contributed by atoms with Crippen LogP contribution in [0.4, 0.5) is 0 Å². The van der Waals surface area contributed by atoms with Crippen molar-refractivity contribution in [1.82, 2.24) is 4.98 Å². The smallest absolute Gasteiger partial charge is 0.249 e. The highest BCUT2D eigenvalue weighted by molar-refractivity contribution is 6.06. The van der Waals surface area contributed by atoms with E-state index in [-0.39, 0.29) is 0 Å². The maximum absolute atomic E-state index is 11.4. The number of fused-ring (bicyclic) bond motifs is 1. The highest BCUT2D eigenvalue weighted by atomic mass is 16.1. The van der Waals surface area contributed by atoms with Gasteiger partial charge in [-0.3, -0.25) is 9.78 Å². The highest BCUT2D eigenvalue weighted by Gasteiger charge is 2.10. The van der Waals surface area contributed by atoms with Crippen LogP contribution in [0, 0.1) is 20.8 Å². The van der Waals surface area contributed by atoms with Crippen LogP contribution in [-0.2, 0) is 0 Å². The van der Waals surface area contributed by atoms with Crippen molar-refractivity contribution < 1.29 is 4.79 Å². The molecular formula is C13H14N2O. The molecule has 0 saturated heterocycles. The lowest BCUT2D eigenvalue weighted by Crippen LogP contribution is -2.12. The van der Waals surface area contributed by atoms with E-state index in [0.717, 1.165) is 27.7 Å². The Bertz CT molecular complexity index is 588. The molecule has 2 aromatic rings. The molecule has 2 rings (SSSR count). The summed E-state index contributed by atoms with van der Waals surface area (Å²) in [6, 6.07) is 5.75. The average molecular weight is 214 g/mol. The molecule has 0 radical (unpaired) electrons. The third kappa shape index (κ3) is 1.65. The van der Waals surface area contributed by atoms with Crippen molar-refractivity contribution in [2.45, 2.75) is 20.8 Å². The van der Waals surface area contributed by atoms with Crippen LogP contribution in [0.25, 0.3) is 10.9 Å². The SMILES string of the molecule is Cc1cc(C)c2nc(C)cc(C(N)=O)c2c1. The number of carbonyl (C=O) groups excluding carboxylic acids is 1. The molecule has 0 aliphatic heterocycles. The maximum atomic E-state index is 11.4. The Balaban J connectivity index is 2.95. The fourth-order valence-electron chi connectivity index (χ4n) is 2.01. The van der Waals surface area contributed by atoms with Gasteiger partial charge in [0.25, 0.3) is 0 Å². The minimum atomic E-state index is -0.402. The average Bonchev–Trinajstić information content (AvgIpc) is 2.18. The molecule has 0 fully saturated rings. The fourth-order valence-corrected chi connectivity index (χ4v) is 2.01. The number of carbonyl (C=O) groups is 1. The third-order valence-electron chi connectivity index (χ3n) is 2.64. The number of aromatic nitrogens is 1. The Morgan fingerprint density at radius 3 is 2.50 bits per heavy atom. The first-order valence-corrected chi connectivity index (χ1v) is 5.17. The second-order valence-corrected chi connectivity index (χ2v) is 4.15. The third-order valence-corrected chi connectivity index (χ3v) is 2.64. The molecule has 1 aromatic heterocycles. The lowest BCUT2D eigenvalue weighted by atomic mass is 10.0. The van der Waals surface area contributed by atoms with Crippen LogP contribution in [0.5, 0.6) is 0 Å². The van der Waals surface area contributed by atoms with Gasteiger partial charge in [-0.05, 0) is 38.5 Å². The summed E-state index contributed by atoms with van der Waals surface area (Å²) in [7, 11) is 0. The summed E-state index contributed by atoms with van der Waals surface area (Å²) in [6.45, 7) is 5.86. The largest absolute Gasteiger partial charge is 0.366 e. The Hall–Kier alpha value is -1.90. The summed E-state index contributed by atoms with van der Waals surface area (Å²) in [4.78, 5) is 15.8. The summed E-state index contributed by atoms with van der Waals surface area (Å²) in [5.41, 5.74) is 9.79. The topological polar surface area (TPSA) is 56.0 Å². The normalized spacial score (nSPS) is 10.7. The first-order chi connectivity index (χ1) is 7.49. The Kier molecular flexibility index (Phi) is 2.38. The van der Waals surface area contributed by atoms with Crippen molar-refractivity contribution in [3.63, 3.8) is 0 Å². The van der Waals surface area contributed by atoms with E-state index in [9.17, 15) is 4.79 Å². The van der Waals surface area contributed by atoms with Gasteiger partial charge in [-0.2, -0.15) is 0 Å². The lowest BCUT2D eigenvalue weighted by Gasteiger charge is -2.08. The van der Waals surface area contributed by atoms with Gasteiger partial charge < -0.3 is 5.73 Å². The number of benzene rings is 1. The van der Waals surface area contributed by atoms with Gasteiger partial charge in [-0.25, -0.2) is 0 Å². The van der Waals surface area contributed by atoms with Gasteiger partial charge in [0.05, 0.1) is 11.1 Å². The molecule has 3 nitrogen and oxygen atoms in total. The zero-order valence-corrected chi connectivity index (χ0v) is 9.66. The van der Waals surface area contributed by atoms with Crippen molar-refractivity contribution in [3.05, 3.63) is 40.6 Å². The van der Waals surface area contributed by atoms with Crippen LogP contribution < -0.4 is 5.73 Å². The Morgan fingerprint density at radius 2 is 1.88 bits per heavy atom. The number of rotatable bonds is 1.